The predicted octanol–water partition coefficient (Wildman–Crippen LogP) is 1.90. The molecule has 2 rings (SSSR count). The van der Waals surface area contributed by atoms with E-state index in [9.17, 15) is 4.79 Å². The second kappa shape index (κ2) is 5.91. The fourth-order valence-electron chi connectivity index (χ4n) is 3.38. The number of likely N-dealkylation sites (N-methyl/N-ethyl adjacent to an activating group) is 1. The Bertz CT molecular complexity index is 289. The van der Waals surface area contributed by atoms with Gasteiger partial charge in [0.1, 0.15) is 0 Å². The van der Waals surface area contributed by atoms with Crippen LogP contribution in [0.2, 0.25) is 0 Å². The van der Waals surface area contributed by atoms with Crippen molar-refractivity contribution in [2.45, 2.75) is 45.1 Å². The average Bonchev–Trinajstić information content (AvgIpc) is 2.68. The highest BCUT2D eigenvalue weighted by Crippen LogP contribution is 2.32. The Labute approximate surface area is 110 Å². The molecule has 0 aromatic carbocycles. The van der Waals surface area contributed by atoms with Crippen LogP contribution in [0.15, 0.2) is 0 Å². The first-order valence-corrected chi connectivity index (χ1v) is 7.35. The molecule has 1 heterocycles. The second-order valence-corrected chi connectivity index (χ2v) is 6.10. The minimum absolute atomic E-state index is 0.200. The van der Waals surface area contributed by atoms with Gasteiger partial charge in [-0.1, -0.05) is 26.2 Å². The van der Waals surface area contributed by atoms with E-state index in [1.165, 1.54) is 32.1 Å². The van der Waals surface area contributed by atoms with Crippen LogP contribution in [0.4, 0.5) is 4.79 Å². The Morgan fingerprint density at radius 1 is 1.33 bits per heavy atom. The van der Waals surface area contributed by atoms with E-state index in [1.54, 1.807) is 0 Å². The van der Waals surface area contributed by atoms with Gasteiger partial charge in [0, 0.05) is 20.1 Å². The first kappa shape index (κ1) is 13.7. The molecule has 4 nitrogen and oxygen atoms in total. The van der Waals surface area contributed by atoms with E-state index in [0.29, 0.717) is 24.4 Å². The molecule has 18 heavy (non-hydrogen) atoms. The van der Waals surface area contributed by atoms with Crippen LogP contribution < -0.4 is 5.73 Å². The minimum Gasteiger partial charge on any atom is -0.330 e. The Balaban J connectivity index is 1.95. The summed E-state index contributed by atoms with van der Waals surface area (Å²) in [6.07, 6.45) is 6.63. The van der Waals surface area contributed by atoms with E-state index in [1.807, 2.05) is 16.8 Å². The molecule has 1 saturated heterocycles. The summed E-state index contributed by atoms with van der Waals surface area (Å²) in [6, 6.07) is 0.633. The summed E-state index contributed by atoms with van der Waals surface area (Å²) < 4.78 is 0. The van der Waals surface area contributed by atoms with Crippen LogP contribution in [-0.4, -0.2) is 48.6 Å². The topological polar surface area (TPSA) is 49.6 Å². The number of hydrogen-bond acceptors (Lipinski definition) is 2. The van der Waals surface area contributed by atoms with Crippen molar-refractivity contribution in [1.82, 2.24) is 9.80 Å². The molecule has 1 saturated carbocycles. The van der Waals surface area contributed by atoms with Crippen LogP contribution in [0.5, 0.6) is 0 Å². The first-order chi connectivity index (χ1) is 8.63. The molecule has 1 aliphatic carbocycles. The quantitative estimate of drug-likeness (QED) is 0.832. The van der Waals surface area contributed by atoms with Gasteiger partial charge in [0.25, 0.3) is 0 Å². The van der Waals surface area contributed by atoms with Crippen molar-refractivity contribution < 1.29 is 4.79 Å². The smallest absolute Gasteiger partial charge is 0.320 e. The number of carbonyl (C=O) groups excluding carboxylic acids is 1. The number of nitrogens with two attached hydrogens (primary N) is 1. The molecule has 4 heteroatoms. The maximum atomic E-state index is 12.2. The molecule has 0 aromatic rings. The van der Waals surface area contributed by atoms with Crippen molar-refractivity contribution >= 4 is 6.03 Å². The van der Waals surface area contributed by atoms with Crippen molar-refractivity contribution in [2.24, 2.45) is 17.6 Å². The van der Waals surface area contributed by atoms with Gasteiger partial charge in [-0.05, 0) is 31.2 Å². The van der Waals surface area contributed by atoms with Gasteiger partial charge in [-0.3, -0.25) is 0 Å². The fraction of sp³-hybridized carbons (Fsp3) is 0.929. The number of amides is 2. The van der Waals surface area contributed by atoms with Gasteiger partial charge in [-0.2, -0.15) is 0 Å². The van der Waals surface area contributed by atoms with Crippen LogP contribution >= 0.6 is 0 Å². The molecule has 2 fully saturated rings. The summed E-state index contributed by atoms with van der Waals surface area (Å²) in [6.45, 7) is 4.48. The summed E-state index contributed by atoms with van der Waals surface area (Å²) in [5.74, 6) is 1.11. The van der Waals surface area contributed by atoms with E-state index >= 15 is 0 Å². The molecule has 2 aliphatic rings. The third-order valence-corrected chi connectivity index (χ3v) is 4.61. The van der Waals surface area contributed by atoms with E-state index in [0.717, 1.165) is 13.1 Å². The fourth-order valence-corrected chi connectivity index (χ4v) is 3.38. The normalized spacial score (nSPS) is 27.9. The lowest BCUT2D eigenvalue weighted by Crippen LogP contribution is -2.37. The Kier molecular flexibility index (Phi) is 4.49. The molecule has 0 aromatic heterocycles. The molecule has 0 spiro atoms. The highest BCUT2D eigenvalue weighted by molar-refractivity contribution is 5.77. The van der Waals surface area contributed by atoms with Crippen molar-refractivity contribution in [2.75, 3.05) is 26.7 Å². The molecular weight excluding hydrogens is 226 g/mol. The number of carbonyl (C=O) groups is 1. The van der Waals surface area contributed by atoms with Crippen molar-refractivity contribution in [3.8, 4) is 0 Å². The van der Waals surface area contributed by atoms with Gasteiger partial charge in [0.15, 0.2) is 0 Å². The molecule has 2 amide bonds. The third-order valence-electron chi connectivity index (χ3n) is 4.61. The summed E-state index contributed by atoms with van der Waals surface area (Å²) in [5, 5.41) is 0. The van der Waals surface area contributed by atoms with Crippen LogP contribution in [0, 0.1) is 11.8 Å². The lowest BCUT2D eigenvalue weighted by Gasteiger charge is -2.30. The monoisotopic (exact) mass is 253 g/mol. The van der Waals surface area contributed by atoms with E-state index in [4.69, 9.17) is 5.73 Å². The van der Waals surface area contributed by atoms with Gasteiger partial charge in [-0.15, -0.1) is 0 Å². The standard InChI is InChI=1S/C14H27N3O/c1-11(8-15)9-17-10-13(16(2)14(17)18)12-6-4-3-5-7-12/h11-13H,3-10,15H2,1-2H3. The Hall–Kier alpha value is -0.770. The van der Waals surface area contributed by atoms with Crippen LogP contribution in [-0.2, 0) is 0 Å². The molecule has 2 N–H and O–H groups in total. The van der Waals surface area contributed by atoms with Gasteiger partial charge in [0.2, 0.25) is 0 Å². The number of rotatable bonds is 4. The van der Waals surface area contributed by atoms with Gasteiger partial charge in [0.05, 0.1) is 6.04 Å². The van der Waals surface area contributed by atoms with Gasteiger partial charge < -0.3 is 15.5 Å². The molecule has 0 bridgehead atoms. The van der Waals surface area contributed by atoms with Crippen LogP contribution in [0.25, 0.3) is 0 Å². The van der Waals surface area contributed by atoms with Crippen molar-refractivity contribution in [1.29, 1.82) is 0 Å². The molecule has 2 atom stereocenters. The summed E-state index contributed by atoms with van der Waals surface area (Å²) in [4.78, 5) is 16.2. The third kappa shape index (κ3) is 2.79. The number of urea groups is 1. The van der Waals surface area contributed by atoms with E-state index < -0.39 is 0 Å². The van der Waals surface area contributed by atoms with Crippen molar-refractivity contribution in [3.05, 3.63) is 0 Å². The summed E-state index contributed by atoms with van der Waals surface area (Å²) in [5.41, 5.74) is 5.66. The van der Waals surface area contributed by atoms with Crippen molar-refractivity contribution in [3.63, 3.8) is 0 Å². The second-order valence-electron chi connectivity index (χ2n) is 6.10. The number of nitrogens with zero attached hydrogens (tertiary/aromatic N) is 2. The zero-order chi connectivity index (χ0) is 13.1. The van der Waals surface area contributed by atoms with Crippen LogP contribution in [0.3, 0.4) is 0 Å². The molecule has 104 valence electrons. The van der Waals surface area contributed by atoms with Gasteiger partial charge >= 0.3 is 6.03 Å². The van der Waals surface area contributed by atoms with E-state index in [-0.39, 0.29) is 6.03 Å². The minimum atomic E-state index is 0.200. The maximum absolute atomic E-state index is 12.2. The summed E-state index contributed by atoms with van der Waals surface area (Å²) in [7, 11) is 1.97. The lowest BCUT2D eigenvalue weighted by atomic mass is 9.84. The Morgan fingerprint density at radius 3 is 2.61 bits per heavy atom. The highest BCUT2D eigenvalue weighted by atomic mass is 16.2. The predicted molar refractivity (Wildman–Crippen MR) is 73.3 cm³/mol. The largest absolute Gasteiger partial charge is 0.330 e. The summed E-state index contributed by atoms with van der Waals surface area (Å²) >= 11 is 0. The molecule has 2 unspecified atom stereocenters. The Morgan fingerprint density at radius 2 is 2.00 bits per heavy atom. The average molecular weight is 253 g/mol. The maximum Gasteiger partial charge on any atom is 0.320 e. The van der Waals surface area contributed by atoms with Crippen LogP contribution in [0.1, 0.15) is 39.0 Å². The first-order valence-electron chi connectivity index (χ1n) is 7.35. The lowest BCUT2D eigenvalue weighted by molar-refractivity contribution is 0.178. The van der Waals surface area contributed by atoms with E-state index in [2.05, 4.69) is 6.92 Å². The zero-order valence-electron chi connectivity index (χ0n) is 11.8. The SMILES string of the molecule is CC(CN)CN1CC(C2CCCCC2)N(C)C1=O. The molecule has 1 aliphatic heterocycles. The van der Waals surface area contributed by atoms with Gasteiger partial charge in [-0.25, -0.2) is 4.79 Å². The highest BCUT2D eigenvalue weighted by Gasteiger charge is 2.39. The molecule has 0 radical (unpaired) electrons. The molecular formula is C14H27N3O. The number of hydrogen-bond donors (Lipinski definition) is 1. The zero-order valence-corrected chi connectivity index (χ0v) is 11.8.